The number of benzene rings is 1. The molecule has 6 heteroatoms. The Morgan fingerprint density at radius 1 is 1.21 bits per heavy atom. The Morgan fingerprint density at radius 2 is 1.93 bits per heavy atom. The summed E-state index contributed by atoms with van der Waals surface area (Å²) in [5.41, 5.74) is -0.469. The van der Waals surface area contributed by atoms with Crippen LogP contribution in [0.2, 0.25) is 0 Å². The molecule has 14 heavy (non-hydrogen) atoms. The zero-order chi connectivity index (χ0) is 10.3. The Kier molecular flexibility index (Phi) is 1.73. The van der Waals surface area contributed by atoms with E-state index in [4.69, 9.17) is 0 Å². The number of hydrogen-bond donors (Lipinski definition) is 1. The van der Waals surface area contributed by atoms with Crippen molar-refractivity contribution < 1.29 is 13.2 Å². The van der Waals surface area contributed by atoms with Gasteiger partial charge >= 0.3 is 6.18 Å². The molecular formula is C8H6F3N3. The van der Waals surface area contributed by atoms with Crippen molar-refractivity contribution in [2.24, 2.45) is 0 Å². The minimum atomic E-state index is -4.39. The largest absolute Gasteiger partial charge is 0.418 e. The van der Waals surface area contributed by atoms with Crippen LogP contribution in [0.1, 0.15) is 11.1 Å². The van der Waals surface area contributed by atoms with Crippen molar-refractivity contribution in [3.8, 4) is 0 Å². The molecule has 2 aromatic rings. The zero-order valence-corrected chi connectivity index (χ0v) is 7.18. The van der Waals surface area contributed by atoms with Gasteiger partial charge in [-0.1, -0.05) is 6.07 Å². The maximum atomic E-state index is 12.6. The Balaban J connectivity index is 2.83. The van der Waals surface area contributed by atoms with E-state index < -0.39 is 11.7 Å². The lowest BCUT2D eigenvalue weighted by Crippen LogP contribution is -2.08. The van der Waals surface area contributed by atoms with E-state index in [1.807, 2.05) is 0 Å². The molecule has 0 atom stereocenters. The SMILES string of the molecule is Cc1ccc2n[nH]nc2c1C(F)(F)F. The van der Waals surface area contributed by atoms with Gasteiger partial charge in [0.25, 0.3) is 0 Å². The molecule has 0 aliphatic rings. The number of aryl methyl sites for hydroxylation is 1. The van der Waals surface area contributed by atoms with E-state index in [1.165, 1.54) is 19.1 Å². The van der Waals surface area contributed by atoms with E-state index in [1.54, 1.807) is 0 Å². The summed E-state index contributed by atoms with van der Waals surface area (Å²) in [4.78, 5) is 0. The Morgan fingerprint density at radius 3 is 2.57 bits per heavy atom. The van der Waals surface area contributed by atoms with Crippen molar-refractivity contribution in [1.29, 1.82) is 0 Å². The van der Waals surface area contributed by atoms with Crippen LogP contribution >= 0.6 is 0 Å². The minimum absolute atomic E-state index is 0.127. The molecule has 2 rings (SSSR count). The van der Waals surface area contributed by atoms with Crippen LogP contribution in [0.3, 0.4) is 0 Å². The molecule has 3 nitrogen and oxygen atoms in total. The molecule has 0 spiro atoms. The Hall–Kier alpha value is -1.59. The summed E-state index contributed by atoms with van der Waals surface area (Å²) in [5, 5.41) is 9.27. The molecule has 0 fully saturated rings. The van der Waals surface area contributed by atoms with Crippen LogP contribution < -0.4 is 0 Å². The van der Waals surface area contributed by atoms with E-state index >= 15 is 0 Å². The fourth-order valence-corrected chi connectivity index (χ4v) is 1.37. The number of nitrogens with zero attached hydrogens (tertiary/aromatic N) is 2. The number of aromatic nitrogens is 3. The van der Waals surface area contributed by atoms with E-state index in [-0.39, 0.29) is 16.6 Å². The number of nitrogens with one attached hydrogen (secondary N) is 1. The predicted molar refractivity (Wildman–Crippen MR) is 43.6 cm³/mol. The molecule has 1 heterocycles. The van der Waals surface area contributed by atoms with Crippen LogP contribution in [0.4, 0.5) is 13.2 Å². The second-order valence-corrected chi connectivity index (χ2v) is 2.95. The summed E-state index contributed by atoms with van der Waals surface area (Å²) >= 11 is 0. The second kappa shape index (κ2) is 2.70. The first-order chi connectivity index (χ1) is 6.50. The third kappa shape index (κ3) is 1.23. The molecule has 1 N–H and O–H groups in total. The van der Waals surface area contributed by atoms with Crippen LogP contribution in [0.25, 0.3) is 11.0 Å². The van der Waals surface area contributed by atoms with Crippen molar-refractivity contribution in [3.63, 3.8) is 0 Å². The van der Waals surface area contributed by atoms with Crippen LogP contribution in [0.5, 0.6) is 0 Å². The maximum Gasteiger partial charge on any atom is 0.418 e. The lowest BCUT2D eigenvalue weighted by molar-refractivity contribution is -0.136. The van der Waals surface area contributed by atoms with E-state index in [0.29, 0.717) is 0 Å². The molecule has 1 aromatic heterocycles. The van der Waals surface area contributed by atoms with Gasteiger partial charge in [0.15, 0.2) is 0 Å². The van der Waals surface area contributed by atoms with Gasteiger partial charge in [-0.3, -0.25) is 0 Å². The van der Waals surface area contributed by atoms with E-state index in [0.717, 1.165) is 0 Å². The highest BCUT2D eigenvalue weighted by molar-refractivity contribution is 5.79. The van der Waals surface area contributed by atoms with Crippen LogP contribution in [0.15, 0.2) is 12.1 Å². The van der Waals surface area contributed by atoms with E-state index in [9.17, 15) is 13.2 Å². The summed E-state index contributed by atoms with van der Waals surface area (Å²) in [6, 6.07) is 2.89. The molecule has 74 valence electrons. The van der Waals surface area contributed by atoms with Gasteiger partial charge in [0.1, 0.15) is 11.0 Å². The van der Waals surface area contributed by atoms with Gasteiger partial charge in [0.05, 0.1) is 5.56 Å². The average molecular weight is 201 g/mol. The molecule has 0 aliphatic heterocycles. The zero-order valence-electron chi connectivity index (χ0n) is 7.18. The molecule has 0 unspecified atom stereocenters. The van der Waals surface area contributed by atoms with Gasteiger partial charge in [0.2, 0.25) is 0 Å². The first-order valence-electron chi connectivity index (χ1n) is 3.87. The Labute approximate surface area is 76.9 Å². The molecule has 0 aliphatic carbocycles. The summed E-state index contributed by atoms with van der Waals surface area (Å²) in [5.74, 6) is 0. The Bertz CT molecular complexity index is 472. The molecular weight excluding hydrogens is 195 g/mol. The van der Waals surface area contributed by atoms with Crippen molar-refractivity contribution in [3.05, 3.63) is 23.3 Å². The van der Waals surface area contributed by atoms with Crippen molar-refractivity contribution >= 4 is 11.0 Å². The van der Waals surface area contributed by atoms with Crippen LogP contribution in [0, 0.1) is 6.92 Å². The van der Waals surface area contributed by atoms with Crippen molar-refractivity contribution in [2.45, 2.75) is 13.1 Å². The van der Waals surface area contributed by atoms with E-state index in [2.05, 4.69) is 15.4 Å². The number of rotatable bonds is 0. The van der Waals surface area contributed by atoms with Gasteiger partial charge in [-0.15, -0.1) is 0 Å². The number of aromatic amines is 1. The number of fused-ring (bicyclic) bond motifs is 1. The highest BCUT2D eigenvalue weighted by Crippen LogP contribution is 2.35. The predicted octanol–water partition coefficient (Wildman–Crippen LogP) is 2.29. The lowest BCUT2D eigenvalue weighted by atomic mass is 10.1. The second-order valence-electron chi connectivity index (χ2n) is 2.95. The maximum absolute atomic E-state index is 12.6. The molecule has 0 amide bonds. The quantitative estimate of drug-likeness (QED) is 0.710. The van der Waals surface area contributed by atoms with Crippen molar-refractivity contribution in [2.75, 3.05) is 0 Å². The summed E-state index contributed by atoms with van der Waals surface area (Å²) in [7, 11) is 0. The summed E-state index contributed by atoms with van der Waals surface area (Å²) < 4.78 is 37.7. The smallest absolute Gasteiger partial charge is 0.197 e. The van der Waals surface area contributed by atoms with Gasteiger partial charge in [-0.05, 0) is 18.6 Å². The molecule has 0 radical (unpaired) electrons. The molecule has 0 bridgehead atoms. The molecule has 1 aromatic carbocycles. The fourth-order valence-electron chi connectivity index (χ4n) is 1.37. The number of alkyl halides is 3. The molecule has 0 saturated heterocycles. The highest BCUT2D eigenvalue weighted by atomic mass is 19.4. The number of H-pyrrole nitrogens is 1. The third-order valence-corrected chi connectivity index (χ3v) is 1.98. The number of halogens is 3. The first-order valence-corrected chi connectivity index (χ1v) is 3.87. The van der Waals surface area contributed by atoms with Gasteiger partial charge in [-0.2, -0.15) is 28.6 Å². The number of hydrogen-bond acceptors (Lipinski definition) is 2. The first kappa shape index (κ1) is 8.98. The topological polar surface area (TPSA) is 41.6 Å². The van der Waals surface area contributed by atoms with Crippen molar-refractivity contribution in [1.82, 2.24) is 15.4 Å². The third-order valence-electron chi connectivity index (χ3n) is 1.98. The normalized spacial score (nSPS) is 12.3. The highest BCUT2D eigenvalue weighted by Gasteiger charge is 2.35. The minimum Gasteiger partial charge on any atom is -0.197 e. The lowest BCUT2D eigenvalue weighted by Gasteiger charge is -2.09. The van der Waals surface area contributed by atoms with Crippen LogP contribution in [-0.2, 0) is 6.18 Å². The standard InChI is InChI=1S/C8H6F3N3/c1-4-2-3-5-7(13-14-12-5)6(4)8(9,10)11/h2-3H,1H3,(H,12,13,14). The summed E-state index contributed by atoms with van der Waals surface area (Å²) in [6.45, 7) is 1.40. The molecule has 0 saturated carbocycles. The monoisotopic (exact) mass is 201 g/mol. The van der Waals surface area contributed by atoms with Gasteiger partial charge in [-0.25, -0.2) is 0 Å². The fraction of sp³-hybridized carbons (Fsp3) is 0.250. The van der Waals surface area contributed by atoms with Gasteiger partial charge in [0, 0.05) is 0 Å². The summed E-state index contributed by atoms with van der Waals surface area (Å²) in [6.07, 6.45) is -4.39. The van der Waals surface area contributed by atoms with Crippen LogP contribution in [-0.4, -0.2) is 15.4 Å². The average Bonchev–Trinajstić information content (AvgIpc) is 2.48. The van der Waals surface area contributed by atoms with Gasteiger partial charge < -0.3 is 0 Å².